The zero-order chi connectivity index (χ0) is 28.6. The van der Waals surface area contributed by atoms with Crippen LogP contribution in [0.1, 0.15) is 73.0 Å². The summed E-state index contributed by atoms with van der Waals surface area (Å²) in [6.07, 6.45) is -0.554. The van der Waals surface area contributed by atoms with Gasteiger partial charge in [-0.1, -0.05) is 19.1 Å². The molecule has 0 radical (unpaired) electrons. The third-order valence-electron chi connectivity index (χ3n) is 7.36. The van der Waals surface area contributed by atoms with Gasteiger partial charge < -0.3 is 9.47 Å². The van der Waals surface area contributed by atoms with Crippen molar-refractivity contribution in [3.63, 3.8) is 0 Å². The second-order valence-electron chi connectivity index (χ2n) is 10.8. The molecule has 0 spiro atoms. The van der Waals surface area contributed by atoms with E-state index in [4.69, 9.17) is 4.74 Å². The molecule has 1 amide bonds. The molecule has 1 saturated heterocycles. The Hall–Kier alpha value is -2.86. The summed E-state index contributed by atoms with van der Waals surface area (Å²) in [5.74, 6) is -1.62. The fourth-order valence-corrected chi connectivity index (χ4v) is 5.26. The van der Waals surface area contributed by atoms with E-state index in [1.54, 1.807) is 16.9 Å². The minimum atomic E-state index is -4.73. The molecule has 4 rings (SSSR count). The maximum Gasteiger partial charge on any atom is 0.573 e. The number of nitrogens with zero attached hydrogens (tertiary/aromatic N) is 1. The van der Waals surface area contributed by atoms with Gasteiger partial charge in [-0.25, -0.2) is 17.5 Å². The number of nitrogens with one attached hydrogen (secondary N) is 1. The van der Waals surface area contributed by atoms with E-state index < -0.39 is 28.1 Å². The van der Waals surface area contributed by atoms with E-state index in [1.165, 1.54) is 18.2 Å². The molecule has 1 atom stereocenters. The van der Waals surface area contributed by atoms with E-state index >= 15 is 0 Å². The molecule has 1 heterocycles. The second-order valence-corrected chi connectivity index (χ2v) is 12.5. The highest BCUT2D eigenvalue weighted by molar-refractivity contribution is 7.89. The lowest BCUT2D eigenvalue weighted by Gasteiger charge is -2.41. The summed E-state index contributed by atoms with van der Waals surface area (Å²) in [5.41, 5.74) is 1.06. The number of amides is 1. The lowest BCUT2D eigenvalue weighted by molar-refractivity contribution is -0.274. The zero-order valence-corrected chi connectivity index (χ0v) is 22.8. The van der Waals surface area contributed by atoms with Crippen LogP contribution in [0.2, 0.25) is 0 Å². The van der Waals surface area contributed by atoms with E-state index in [0.717, 1.165) is 56.7 Å². The number of hydrogen-bond donors (Lipinski definition) is 1. The topological polar surface area (TPSA) is 84.9 Å². The molecule has 12 heteroatoms. The molecule has 0 bridgehead atoms. The van der Waals surface area contributed by atoms with Crippen molar-refractivity contribution in [3.8, 4) is 11.5 Å². The molecule has 214 valence electrons. The van der Waals surface area contributed by atoms with Crippen LogP contribution in [0.3, 0.4) is 0 Å². The van der Waals surface area contributed by atoms with Crippen LogP contribution in [0.25, 0.3) is 0 Å². The van der Waals surface area contributed by atoms with Gasteiger partial charge in [-0.15, -0.1) is 13.2 Å². The van der Waals surface area contributed by atoms with Crippen LogP contribution in [0, 0.1) is 11.2 Å². The molecule has 7 nitrogen and oxygen atoms in total. The van der Waals surface area contributed by atoms with E-state index in [1.807, 2.05) is 6.92 Å². The van der Waals surface area contributed by atoms with Gasteiger partial charge in [0.15, 0.2) is 0 Å². The van der Waals surface area contributed by atoms with Crippen molar-refractivity contribution in [1.82, 2.24) is 9.62 Å². The first-order valence-electron chi connectivity index (χ1n) is 12.7. The monoisotopic (exact) mass is 572 g/mol. The smallest absolute Gasteiger partial charge is 0.493 e. The Morgan fingerprint density at radius 3 is 2.31 bits per heavy atom. The molecule has 2 fully saturated rings. The van der Waals surface area contributed by atoms with Gasteiger partial charge in [0, 0.05) is 17.5 Å². The highest BCUT2D eigenvalue weighted by Gasteiger charge is 2.35. The molecule has 2 aliphatic rings. The number of hydrogen-bond acceptors (Lipinski definition) is 6. The van der Waals surface area contributed by atoms with Crippen molar-refractivity contribution in [2.75, 3.05) is 26.0 Å². The van der Waals surface area contributed by atoms with Crippen molar-refractivity contribution in [1.29, 1.82) is 0 Å². The molecule has 2 aromatic rings. The molecular weight excluding hydrogens is 540 g/mol. The number of halogens is 4. The van der Waals surface area contributed by atoms with Crippen LogP contribution >= 0.6 is 0 Å². The fourth-order valence-electron chi connectivity index (χ4n) is 4.81. The van der Waals surface area contributed by atoms with Crippen LogP contribution in [-0.2, 0) is 10.0 Å². The Bertz CT molecular complexity index is 1300. The molecule has 0 unspecified atom stereocenters. The number of likely N-dealkylation sites (tertiary alicyclic amines) is 1. The lowest BCUT2D eigenvalue weighted by Crippen LogP contribution is -2.42. The third-order valence-corrected chi connectivity index (χ3v) is 7.92. The highest BCUT2D eigenvalue weighted by Crippen LogP contribution is 2.46. The van der Waals surface area contributed by atoms with Crippen LogP contribution in [0.15, 0.2) is 36.4 Å². The number of benzene rings is 2. The van der Waals surface area contributed by atoms with Gasteiger partial charge in [-0.05, 0) is 80.9 Å². The quantitative estimate of drug-likeness (QED) is 0.398. The standard InChI is InChI=1S/C27H32F4N2O5S/c1-17(18-6-8-20(9-7-18)38-27(29,30)31)33-12-10-26(2,11-13-33)16-37-24-15-23(28)22(14-21(24)19-4-5-19)25(34)32-39(3,35)36/h6-9,14-15,17,19H,4-5,10-13,16H2,1-3H3,(H,32,34)/t17-/m1/s1. The number of carbonyl (C=O) groups excluding carboxylic acids is 1. The number of carbonyl (C=O) groups is 1. The Labute approximate surface area is 225 Å². The molecule has 1 N–H and O–H groups in total. The van der Waals surface area contributed by atoms with Crippen LogP contribution in [0.4, 0.5) is 17.6 Å². The van der Waals surface area contributed by atoms with Crippen molar-refractivity contribution in [3.05, 3.63) is 58.9 Å². The summed E-state index contributed by atoms with van der Waals surface area (Å²) >= 11 is 0. The van der Waals surface area contributed by atoms with Gasteiger partial charge in [-0.2, -0.15) is 0 Å². The van der Waals surface area contributed by atoms with E-state index in [2.05, 4.69) is 16.6 Å². The maximum atomic E-state index is 14.8. The highest BCUT2D eigenvalue weighted by atomic mass is 32.2. The predicted molar refractivity (Wildman–Crippen MR) is 137 cm³/mol. The van der Waals surface area contributed by atoms with Crippen LogP contribution in [0.5, 0.6) is 11.5 Å². The zero-order valence-electron chi connectivity index (χ0n) is 22.0. The van der Waals surface area contributed by atoms with Crippen molar-refractivity contribution in [2.24, 2.45) is 5.41 Å². The first kappa shape index (κ1) is 29.1. The number of piperidine rings is 1. The lowest BCUT2D eigenvalue weighted by atomic mass is 9.80. The average molecular weight is 573 g/mol. The number of ether oxygens (including phenoxy) is 2. The summed E-state index contributed by atoms with van der Waals surface area (Å²) in [7, 11) is -3.83. The Balaban J connectivity index is 1.37. The normalized spacial score (nSPS) is 18.8. The summed E-state index contributed by atoms with van der Waals surface area (Å²) in [6.45, 7) is 5.93. The Morgan fingerprint density at radius 1 is 1.15 bits per heavy atom. The first-order valence-corrected chi connectivity index (χ1v) is 14.6. The molecule has 0 aromatic heterocycles. The molecule has 1 aliphatic carbocycles. The SMILES string of the molecule is C[C@H](c1ccc(OC(F)(F)F)cc1)N1CCC(C)(COc2cc(F)c(C(=O)NS(C)(=O)=O)cc2C2CC2)CC1. The number of alkyl halides is 3. The largest absolute Gasteiger partial charge is 0.573 e. The molecule has 1 aliphatic heterocycles. The Kier molecular flexibility index (Phi) is 8.18. The van der Waals surface area contributed by atoms with E-state index in [0.29, 0.717) is 17.9 Å². The minimum absolute atomic E-state index is 0.00315. The van der Waals surface area contributed by atoms with Gasteiger partial charge in [0.2, 0.25) is 10.0 Å². The first-order chi connectivity index (χ1) is 18.1. The van der Waals surface area contributed by atoms with Crippen molar-refractivity contribution < 1.29 is 40.2 Å². The van der Waals surface area contributed by atoms with Gasteiger partial charge in [0.05, 0.1) is 18.4 Å². The molecule has 1 saturated carbocycles. The van der Waals surface area contributed by atoms with Crippen LogP contribution < -0.4 is 14.2 Å². The number of sulfonamides is 1. The van der Waals surface area contributed by atoms with Crippen molar-refractivity contribution >= 4 is 15.9 Å². The second kappa shape index (κ2) is 11.0. The Morgan fingerprint density at radius 2 is 1.77 bits per heavy atom. The maximum absolute atomic E-state index is 14.8. The van der Waals surface area contributed by atoms with Gasteiger partial charge in [-0.3, -0.25) is 9.69 Å². The molecule has 2 aromatic carbocycles. The number of rotatable bonds is 9. The third kappa shape index (κ3) is 7.84. The summed E-state index contributed by atoms with van der Waals surface area (Å²) in [4.78, 5) is 14.5. The van der Waals surface area contributed by atoms with Gasteiger partial charge >= 0.3 is 6.36 Å². The van der Waals surface area contributed by atoms with E-state index in [-0.39, 0.29) is 28.7 Å². The summed E-state index contributed by atoms with van der Waals surface area (Å²) in [6, 6.07) is 8.45. The van der Waals surface area contributed by atoms with Gasteiger partial charge in [0.1, 0.15) is 17.3 Å². The van der Waals surface area contributed by atoms with Crippen molar-refractivity contribution in [2.45, 2.75) is 57.9 Å². The minimum Gasteiger partial charge on any atom is -0.493 e. The predicted octanol–water partition coefficient (Wildman–Crippen LogP) is 5.53. The van der Waals surface area contributed by atoms with Crippen LogP contribution in [-0.4, -0.2) is 51.5 Å². The van der Waals surface area contributed by atoms with E-state index in [9.17, 15) is 30.8 Å². The molecular formula is C27H32F4N2O5S. The molecule has 39 heavy (non-hydrogen) atoms. The summed E-state index contributed by atoms with van der Waals surface area (Å²) in [5, 5.41) is 0. The average Bonchev–Trinajstić information content (AvgIpc) is 3.67. The van der Waals surface area contributed by atoms with Gasteiger partial charge in [0.25, 0.3) is 5.91 Å². The summed E-state index contributed by atoms with van der Waals surface area (Å²) < 4.78 is 86.8. The fraction of sp³-hybridized carbons (Fsp3) is 0.519.